The Balaban J connectivity index is 1.65. The van der Waals surface area contributed by atoms with Crippen LogP contribution in [0.3, 0.4) is 0 Å². The Morgan fingerprint density at radius 1 is 1.13 bits per heavy atom. The lowest BCUT2D eigenvalue weighted by Crippen LogP contribution is -2.40. The highest BCUT2D eigenvalue weighted by molar-refractivity contribution is 7.89. The average Bonchev–Trinajstić information content (AvgIpc) is 2.77. The molecule has 11 heteroatoms. The van der Waals surface area contributed by atoms with Crippen molar-refractivity contribution in [3.05, 3.63) is 59.2 Å². The number of amides is 1. The number of morpholine rings is 1. The van der Waals surface area contributed by atoms with Gasteiger partial charge in [0.05, 0.1) is 29.4 Å². The van der Waals surface area contributed by atoms with Gasteiger partial charge < -0.3 is 15.4 Å². The summed E-state index contributed by atoms with van der Waals surface area (Å²) in [7, 11) is -3.88. The zero-order valence-corrected chi connectivity index (χ0v) is 17.2. The first-order valence-corrected chi connectivity index (χ1v) is 10.9. The van der Waals surface area contributed by atoms with Crippen molar-refractivity contribution in [1.29, 1.82) is 5.26 Å². The van der Waals surface area contributed by atoms with Crippen molar-refractivity contribution in [2.75, 3.05) is 44.7 Å². The lowest BCUT2D eigenvalue weighted by Gasteiger charge is -2.26. The molecule has 1 aliphatic heterocycles. The van der Waals surface area contributed by atoms with Crippen molar-refractivity contribution in [3.63, 3.8) is 0 Å². The molecule has 31 heavy (non-hydrogen) atoms. The first-order valence-electron chi connectivity index (χ1n) is 9.42. The van der Waals surface area contributed by atoms with Crippen molar-refractivity contribution >= 4 is 21.6 Å². The maximum atomic E-state index is 14.2. The molecule has 1 aliphatic rings. The number of carbonyl (C=O) groups is 1. The Hall–Kier alpha value is -3.07. The molecule has 2 aromatic carbocycles. The van der Waals surface area contributed by atoms with E-state index in [2.05, 4.69) is 10.6 Å². The number of hydrogen-bond donors (Lipinski definition) is 2. The molecule has 1 heterocycles. The highest BCUT2D eigenvalue weighted by atomic mass is 32.2. The first kappa shape index (κ1) is 22.6. The Bertz CT molecular complexity index is 1110. The van der Waals surface area contributed by atoms with Gasteiger partial charge >= 0.3 is 0 Å². The minimum atomic E-state index is -3.88. The molecule has 0 aromatic heterocycles. The van der Waals surface area contributed by atoms with Crippen LogP contribution in [0.5, 0.6) is 0 Å². The monoisotopic (exact) mass is 450 g/mol. The summed E-state index contributed by atoms with van der Waals surface area (Å²) >= 11 is 0. The third-order valence-corrected chi connectivity index (χ3v) is 6.54. The summed E-state index contributed by atoms with van der Waals surface area (Å²) < 4.78 is 59.6. The van der Waals surface area contributed by atoms with Gasteiger partial charge in [-0.15, -0.1) is 0 Å². The second kappa shape index (κ2) is 9.82. The normalized spacial score (nSPS) is 14.6. The number of sulfonamides is 1. The standard InChI is InChI=1S/C20H20F2N4O4S/c21-17-2-1-3-19(16(17)13-23)24-6-7-25-20(27)15-12-14(4-5-18(15)22)31(28,29)26-8-10-30-11-9-26/h1-5,12,24H,6-11H2,(H,25,27). The van der Waals surface area contributed by atoms with Crippen LogP contribution in [0.15, 0.2) is 41.3 Å². The van der Waals surface area contributed by atoms with Crippen molar-refractivity contribution in [1.82, 2.24) is 9.62 Å². The zero-order valence-electron chi connectivity index (χ0n) is 16.4. The summed E-state index contributed by atoms with van der Waals surface area (Å²) in [6.45, 7) is 1.05. The van der Waals surface area contributed by atoms with Gasteiger partial charge in [-0.05, 0) is 30.3 Å². The van der Waals surface area contributed by atoms with Crippen LogP contribution in [-0.4, -0.2) is 58.0 Å². The van der Waals surface area contributed by atoms with E-state index in [0.29, 0.717) is 0 Å². The largest absolute Gasteiger partial charge is 0.382 e. The number of nitriles is 1. The fourth-order valence-corrected chi connectivity index (χ4v) is 4.46. The van der Waals surface area contributed by atoms with Gasteiger partial charge in [0.15, 0.2) is 0 Å². The van der Waals surface area contributed by atoms with Crippen LogP contribution in [0, 0.1) is 23.0 Å². The van der Waals surface area contributed by atoms with Crippen LogP contribution in [0.1, 0.15) is 15.9 Å². The summed E-state index contributed by atoms with van der Waals surface area (Å²) in [5, 5.41) is 14.3. The first-order chi connectivity index (χ1) is 14.8. The van der Waals surface area contributed by atoms with E-state index >= 15 is 0 Å². The molecular formula is C20H20F2N4O4S. The van der Waals surface area contributed by atoms with Gasteiger partial charge in [-0.2, -0.15) is 9.57 Å². The highest BCUT2D eigenvalue weighted by Crippen LogP contribution is 2.20. The number of nitrogens with one attached hydrogen (secondary N) is 2. The molecule has 0 atom stereocenters. The van der Waals surface area contributed by atoms with Gasteiger partial charge in [-0.1, -0.05) is 6.07 Å². The molecule has 0 spiro atoms. The average molecular weight is 450 g/mol. The van der Waals surface area contributed by atoms with E-state index in [-0.39, 0.29) is 55.5 Å². The molecule has 164 valence electrons. The fraction of sp³-hybridized carbons (Fsp3) is 0.300. The summed E-state index contributed by atoms with van der Waals surface area (Å²) in [4.78, 5) is 12.2. The van der Waals surface area contributed by atoms with Gasteiger partial charge in [-0.25, -0.2) is 17.2 Å². The summed E-state index contributed by atoms with van der Waals surface area (Å²) in [6, 6.07) is 8.92. The quantitative estimate of drug-likeness (QED) is 0.621. The maximum Gasteiger partial charge on any atom is 0.254 e. The van der Waals surface area contributed by atoms with Gasteiger partial charge in [0, 0.05) is 26.2 Å². The molecule has 0 aliphatic carbocycles. The van der Waals surface area contributed by atoms with Crippen molar-refractivity contribution in [3.8, 4) is 6.07 Å². The summed E-state index contributed by atoms with van der Waals surface area (Å²) in [5.74, 6) is -2.32. The van der Waals surface area contributed by atoms with Crippen LogP contribution in [0.4, 0.5) is 14.5 Å². The third kappa shape index (κ3) is 5.16. The second-order valence-corrected chi connectivity index (χ2v) is 8.55. The number of hydrogen-bond acceptors (Lipinski definition) is 6. The number of carbonyl (C=O) groups excluding carboxylic acids is 1. The molecule has 1 fully saturated rings. The number of halogens is 2. The lowest BCUT2D eigenvalue weighted by atomic mass is 10.2. The van der Waals surface area contributed by atoms with Crippen LogP contribution in [0.2, 0.25) is 0 Å². The molecule has 0 bridgehead atoms. The molecule has 0 unspecified atom stereocenters. The minimum absolute atomic E-state index is 0.0279. The fourth-order valence-electron chi connectivity index (χ4n) is 3.03. The number of anilines is 1. The van der Waals surface area contributed by atoms with E-state index in [0.717, 1.165) is 24.3 Å². The van der Waals surface area contributed by atoms with Gasteiger partial charge in [0.1, 0.15) is 23.3 Å². The second-order valence-electron chi connectivity index (χ2n) is 6.61. The van der Waals surface area contributed by atoms with Crippen molar-refractivity contribution in [2.45, 2.75) is 4.90 Å². The summed E-state index contributed by atoms with van der Waals surface area (Å²) in [6.07, 6.45) is 0. The van der Waals surface area contributed by atoms with Gasteiger partial charge in [0.25, 0.3) is 5.91 Å². The number of rotatable bonds is 7. The SMILES string of the molecule is N#Cc1c(F)cccc1NCCNC(=O)c1cc(S(=O)(=O)N2CCOCC2)ccc1F. The van der Waals surface area contributed by atoms with Crippen molar-refractivity contribution < 1.29 is 26.7 Å². The Morgan fingerprint density at radius 3 is 2.58 bits per heavy atom. The molecule has 1 amide bonds. The van der Waals surface area contributed by atoms with Gasteiger partial charge in [-0.3, -0.25) is 4.79 Å². The molecule has 8 nitrogen and oxygen atoms in total. The zero-order chi connectivity index (χ0) is 22.4. The van der Waals surface area contributed by atoms with E-state index in [1.165, 1.54) is 16.4 Å². The van der Waals surface area contributed by atoms with Crippen LogP contribution < -0.4 is 10.6 Å². The maximum absolute atomic E-state index is 14.2. The van der Waals surface area contributed by atoms with Crippen LogP contribution >= 0.6 is 0 Å². The van der Waals surface area contributed by atoms with E-state index in [4.69, 9.17) is 10.00 Å². The van der Waals surface area contributed by atoms with Crippen LogP contribution in [0.25, 0.3) is 0 Å². The Morgan fingerprint density at radius 2 is 1.87 bits per heavy atom. The third-order valence-electron chi connectivity index (χ3n) is 4.64. The Kier molecular flexibility index (Phi) is 7.17. The van der Waals surface area contributed by atoms with E-state index < -0.39 is 33.1 Å². The van der Waals surface area contributed by atoms with E-state index in [1.807, 2.05) is 0 Å². The molecule has 2 N–H and O–H groups in total. The van der Waals surface area contributed by atoms with E-state index in [1.54, 1.807) is 6.07 Å². The molecule has 2 aromatic rings. The molecule has 0 radical (unpaired) electrons. The van der Waals surface area contributed by atoms with Crippen LogP contribution in [-0.2, 0) is 14.8 Å². The number of ether oxygens (including phenoxy) is 1. The lowest BCUT2D eigenvalue weighted by molar-refractivity contribution is 0.0730. The predicted octanol–water partition coefficient (Wildman–Crippen LogP) is 1.70. The molecule has 0 saturated carbocycles. The predicted molar refractivity (Wildman–Crippen MR) is 108 cm³/mol. The number of nitrogens with zero attached hydrogens (tertiary/aromatic N) is 2. The van der Waals surface area contributed by atoms with Crippen molar-refractivity contribution in [2.24, 2.45) is 0 Å². The molecule has 1 saturated heterocycles. The molecule has 3 rings (SSSR count). The topological polar surface area (TPSA) is 112 Å². The van der Waals surface area contributed by atoms with Gasteiger partial charge in [0.2, 0.25) is 10.0 Å². The Labute approximate surface area is 178 Å². The highest BCUT2D eigenvalue weighted by Gasteiger charge is 2.27. The minimum Gasteiger partial charge on any atom is -0.382 e. The smallest absolute Gasteiger partial charge is 0.254 e. The molecular weight excluding hydrogens is 430 g/mol. The number of benzene rings is 2. The summed E-state index contributed by atoms with van der Waals surface area (Å²) in [5.41, 5.74) is -0.291. The van der Waals surface area contributed by atoms with E-state index in [9.17, 15) is 22.0 Å².